The third-order valence-electron chi connectivity index (χ3n) is 3.62. The van der Waals surface area contributed by atoms with Crippen molar-refractivity contribution in [2.24, 2.45) is 0 Å². The van der Waals surface area contributed by atoms with Crippen molar-refractivity contribution in [3.8, 4) is 0 Å². The molecule has 3 rings (SSSR count). The number of hydrogen-bond acceptors (Lipinski definition) is 2. The van der Waals surface area contributed by atoms with Gasteiger partial charge in [0.1, 0.15) is 0 Å². The molecule has 0 spiro atoms. The summed E-state index contributed by atoms with van der Waals surface area (Å²) in [7, 11) is 0. The van der Waals surface area contributed by atoms with E-state index in [1.807, 2.05) is 0 Å². The fourth-order valence-corrected chi connectivity index (χ4v) is 2.30. The van der Waals surface area contributed by atoms with Crippen LogP contribution in [0.5, 0.6) is 0 Å². The van der Waals surface area contributed by atoms with Crippen LogP contribution in [0.15, 0.2) is 24.3 Å². The smallest absolute Gasteiger partial charge is 0.0439 e. The number of nitrogens with one attached hydrogen (secondary N) is 2. The summed E-state index contributed by atoms with van der Waals surface area (Å²) < 4.78 is 0. The van der Waals surface area contributed by atoms with Crippen LogP contribution in [-0.2, 0) is 5.54 Å². The summed E-state index contributed by atoms with van der Waals surface area (Å²) in [5.74, 6) is 0. The maximum absolute atomic E-state index is 3.78. The minimum absolute atomic E-state index is 0.320. The molecule has 0 bridgehead atoms. The van der Waals surface area contributed by atoms with Gasteiger partial charge in [-0.2, -0.15) is 0 Å². The molecule has 2 N–H and O–H groups in total. The third kappa shape index (κ3) is 1.68. The van der Waals surface area contributed by atoms with Crippen molar-refractivity contribution in [2.75, 3.05) is 13.1 Å². The highest BCUT2D eigenvalue weighted by Gasteiger charge is 2.45. The van der Waals surface area contributed by atoms with Crippen LogP contribution in [0.4, 0.5) is 0 Å². The second-order valence-electron chi connectivity index (χ2n) is 4.95. The first-order valence-electron chi connectivity index (χ1n) is 5.84. The molecule has 2 nitrogen and oxygen atoms in total. The highest BCUT2D eigenvalue weighted by Crippen LogP contribution is 2.46. The van der Waals surface area contributed by atoms with Crippen LogP contribution in [0.1, 0.15) is 24.0 Å². The summed E-state index contributed by atoms with van der Waals surface area (Å²) in [6.07, 6.45) is 2.60. The number of aryl methyl sites for hydroxylation is 1. The van der Waals surface area contributed by atoms with E-state index in [-0.39, 0.29) is 0 Å². The van der Waals surface area contributed by atoms with Crippen LogP contribution in [0.2, 0.25) is 0 Å². The first kappa shape index (κ1) is 9.37. The van der Waals surface area contributed by atoms with Gasteiger partial charge in [0, 0.05) is 24.7 Å². The van der Waals surface area contributed by atoms with E-state index in [0.29, 0.717) is 11.6 Å². The van der Waals surface area contributed by atoms with E-state index in [1.54, 1.807) is 0 Å². The van der Waals surface area contributed by atoms with E-state index in [9.17, 15) is 0 Å². The summed E-state index contributed by atoms with van der Waals surface area (Å²) in [4.78, 5) is 0. The molecule has 0 atom stereocenters. The average Bonchev–Trinajstić information content (AvgIpc) is 2.94. The average molecular weight is 202 g/mol. The lowest BCUT2D eigenvalue weighted by Gasteiger charge is -2.33. The van der Waals surface area contributed by atoms with Crippen molar-refractivity contribution in [1.82, 2.24) is 10.6 Å². The molecule has 1 aromatic rings. The first-order chi connectivity index (χ1) is 7.28. The lowest BCUT2D eigenvalue weighted by atomic mass is 10.0. The predicted molar refractivity (Wildman–Crippen MR) is 61.9 cm³/mol. The van der Waals surface area contributed by atoms with Crippen LogP contribution in [0, 0.1) is 6.92 Å². The highest BCUT2D eigenvalue weighted by atomic mass is 15.2. The molecule has 0 amide bonds. The molecule has 15 heavy (non-hydrogen) atoms. The molecule has 0 unspecified atom stereocenters. The van der Waals surface area contributed by atoms with Gasteiger partial charge < -0.3 is 10.6 Å². The number of benzene rings is 1. The Hall–Kier alpha value is -0.860. The minimum Gasteiger partial charge on any atom is -0.314 e. The predicted octanol–water partition coefficient (Wildman–Crippen LogP) is 1.55. The van der Waals surface area contributed by atoms with E-state index in [2.05, 4.69) is 41.8 Å². The van der Waals surface area contributed by atoms with Gasteiger partial charge in [-0.1, -0.05) is 29.8 Å². The van der Waals surface area contributed by atoms with Gasteiger partial charge >= 0.3 is 0 Å². The van der Waals surface area contributed by atoms with Crippen LogP contribution in [-0.4, -0.2) is 19.1 Å². The van der Waals surface area contributed by atoms with Crippen LogP contribution >= 0.6 is 0 Å². The fourth-order valence-electron chi connectivity index (χ4n) is 2.30. The van der Waals surface area contributed by atoms with Crippen LogP contribution in [0.25, 0.3) is 0 Å². The molecule has 2 heteroatoms. The number of rotatable bonds is 3. The summed E-state index contributed by atoms with van der Waals surface area (Å²) in [5.41, 5.74) is 3.14. The maximum atomic E-state index is 3.78. The second-order valence-corrected chi connectivity index (χ2v) is 4.95. The van der Waals surface area contributed by atoms with Crippen molar-refractivity contribution in [2.45, 2.75) is 31.3 Å². The standard InChI is InChI=1S/C13H18N2/c1-10-2-4-11(5-3-10)13(6-7-13)15-12-8-14-9-12/h2-5,12,14-15H,6-9H2,1H3. The summed E-state index contributed by atoms with van der Waals surface area (Å²) in [5, 5.41) is 7.09. The lowest BCUT2D eigenvalue weighted by molar-refractivity contribution is 0.319. The van der Waals surface area contributed by atoms with Crippen LogP contribution < -0.4 is 10.6 Å². The lowest BCUT2D eigenvalue weighted by Crippen LogP contribution is -2.58. The normalized spacial score (nSPS) is 23.5. The third-order valence-corrected chi connectivity index (χ3v) is 3.62. The van der Waals surface area contributed by atoms with Gasteiger partial charge in [0.05, 0.1) is 0 Å². The molecule has 1 heterocycles. The Morgan fingerprint density at radius 2 is 1.87 bits per heavy atom. The van der Waals surface area contributed by atoms with Crippen molar-refractivity contribution in [3.63, 3.8) is 0 Å². The Morgan fingerprint density at radius 3 is 2.33 bits per heavy atom. The van der Waals surface area contributed by atoms with Gasteiger partial charge in [0.25, 0.3) is 0 Å². The van der Waals surface area contributed by atoms with Crippen molar-refractivity contribution in [3.05, 3.63) is 35.4 Å². The Kier molecular flexibility index (Phi) is 2.08. The van der Waals surface area contributed by atoms with E-state index in [4.69, 9.17) is 0 Å². The van der Waals surface area contributed by atoms with Gasteiger partial charge in [0.2, 0.25) is 0 Å². The largest absolute Gasteiger partial charge is 0.314 e. The van der Waals surface area contributed by atoms with E-state index in [0.717, 1.165) is 13.1 Å². The number of hydrogen-bond donors (Lipinski definition) is 2. The van der Waals surface area contributed by atoms with Gasteiger partial charge in [-0.25, -0.2) is 0 Å². The molecular weight excluding hydrogens is 184 g/mol. The molecule has 1 aromatic carbocycles. The zero-order valence-electron chi connectivity index (χ0n) is 9.22. The molecule has 1 saturated carbocycles. The Balaban J connectivity index is 1.76. The summed E-state index contributed by atoms with van der Waals surface area (Å²) in [6.45, 7) is 4.41. The highest BCUT2D eigenvalue weighted by molar-refractivity contribution is 5.32. The molecule has 1 aliphatic heterocycles. The summed E-state index contributed by atoms with van der Waals surface area (Å²) >= 11 is 0. The molecule has 80 valence electrons. The van der Waals surface area contributed by atoms with Gasteiger partial charge in [-0.05, 0) is 25.3 Å². The zero-order valence-corrected chi connectivity index (χ0v) is 9.22. The Morgan fingerprint density at radius 1 is 1.20 bits per heavy atom. The molecule has 1 aliphatic carbocycles. The first-order valence-corrected chi connectivity index (χ1v) is 5.84. The van der Waals surface area contributed by atoms with Crippen molar-refractivity contribution >= 4 is 0 Å². The molecule has 2 aliphatic rings. The summed E-state index contributed by atoms with van der Waals surface area (Å²) in [6, 6.07) is 9.68. The molecule has 2 fully saturated rings. The molecule has 1 saturated heterocycles. The zero-order chi connectivity index (χ0) is 10.3. The van der Waals surface area contributed by atoms with Crippen molar-refractivity contribution in [1.29, 1.82) is 0 Å². The van der Waals surface area contributed by atoms with Gasteiger partial charge in [-0.3, -0.25) is 0 Å². The SMILES string of the molecule is Cc1ccc(C2(NC3CNC3)CC2)cc1. The second kappa shape index (κ2) is 3.32. The van der Waals surface area contributed by atoms with Gasteiger partial charge in [-0.15, -0.1) is 0 Å². The molecule has 0 radical (unpaired) electrons. The topological polar surface area (TPSA) is 24.1 Å². The minimum atomic E-state index is 0.320. The van der Waals surface area contributed by atoms with Gasteiger partial charge in [0.15, 0.2) is 0 Å². The molecular formula is C13H18N2. The van der Waals surface area contributed by atoms with E-state index < -0.39 is 0 Å². The quantitative estimate of drug-likeness (QED) is 0.777. The van der Waals surface area contributed by atoms with E-state index in [1.165, 1.54) is 24.0 Å². The van der Waals surface area contributed by atoms with Crippen molar-refractivity contribution < 1.29 is 0 Å². The van der Waals surface area contributed by atoms with Crippen LogP contribution in [0.3, 0.4) is 0 Å². The monoisotopic (exact) mass is 202 g/mol. The fraction of sp³-hybridized carbons (Fsp3) is 0.538. The Labute approximate surface area is 91.1 Å². The molecule has 0 aromatic heterocycles. The van der Waals surface area contributed by atoms with E-state index >= 15 is 0 Å². The Bertz CT molecular complexity index is 347. The maximum Gasteiger partial charge on any atom is 0.0439 e.